The summed E-state index contributed by atoms with van der Waals surface area (Å²) < 4.78 is 34.4. The van der Waals surface area contributed by atoms with Crippen LogP contribution in [-0.2, 0) is 6.42 Å². The molecule has 0 N–H and O–H groups in total. The van der Waals surface area contributed by atoms with Crippen LogP contribution in [0.5, 0.6) is 5.75 Å². The molecule has 31 heavy (non-hydrogen) atoms. The molecular formula is C24H19F2N3O2. The Labute approximate surface area is 177 Å². The molecule has 0 saturated carbocycles. The van der Waals surface area contributed by atoms with E-state index in [9.17, 15) is 13.6 Å². The van der Waals surface area contributed by atoms with Crippen LogP contribution < -0.4 is 4.74 Å². The number of fused-ring (bicyclic) bond motifs is 2. The van der Waals surface area contributed by atoms with Gasteiger partial charge in [0.05, 0.1) is 24.1 Å². The van der Waals surface area contributed by atoms with Gasteiger partial charge in [-0.1, -0.05) is 12.1 Å². The van der Waals surface area contributed by atoms with E-state index in [1.807, 2.05) is 31.2 Å². The number of nitrogens with zero attached hydrogens (tertiary/aromatic N) is 3. The van der Waals surface area contributed by atoms with Crippen LogP contribution in [0.1, 0.15) is 39.6 Å². The highest BCUT2D eigenvalue weighted by atomic mass is 19.1. The van der Waals surface area contributed by atoms with E-state index in [2.05, 4.69) is 5.10 Å². The number of ketones is 1. The zero-order valence-corrected chi connectivity index (χ0v) is 17.0. The fourth-order valence-corrected chi connectivity index (χ4v) is 4.31. The molecule has 2 aromatic heterocycles. The van der Waals surface area contributed by atoms with Gasteiger partial charge in [0.1, 0.15) is 17.4 Å². The standard InChI is InChI=1S/C24H19F2N3O2/c1-13-23(14-4-3-5-19(8-14)31-2)24-27-21-9-16(15-6-17(25)11-18(26)7-15)10-22(30)20(21)12-29(24)28-13/h3-8,11-12,16H,9-10H2,1-2H3. The lowest BCUT2D eigenvalue weighted by atomic mass is 9.82. The molecule has 0 aliphatic heterocycles. The van der Waals surface area contributed by atoms with Crippen molar-refractivity contribution in [3.63, 3.8) is 0 Å². The molecule has 1 aliphatic rings. The van der Waals surface area contributed by atoms with Crippen molar-refractivity contribution in [1.29, 1.82) is 0 Å². The predicted molar refractivity (Wildman–Crippen MR) is 111 cm³/mol. The topological polar surface area (TPSA) is 56.5 Å². The highest BCUT2D eigenvalue weighted by Gasteiger charge is 2.29. The second-order valence-electron chi connectivity index (χ2n) is 7.79. The number of carbonyl (C=O) groups is 1. The molecule has 1 unspecified atom stereocenters. The van der Waals surface area contributed by atoms with E-state index in [-0.39, 0.29) is 18.1 Å². The van der Waals surface area contributed by atoms with E-state index >= 15 is 0 Å². The van der Waals surface area contributed by atoms with Crippen molar-refractivity contribution in [2.24, 2.45) is 0 Å². The molecule has 7 heteroatoms. The highest BCUT2D eigenvalue weighted by Crippen LogP contribution is 2.35. The number of hydrogen-bond acceptors (Lipinski definition) is 4. The molecule has 0 fully saturated rings. The van der Waals surface area contributed by atoms with Gasteiger partial charge in [-0.3, -0.25) is 4.79 Å². The molecule has 0 spiro atoms. The largest absolute Gasteiger partial charge is 0.497 e. The highest BCUT2D eigenvalue weighted by molar-refractivity contribution is 5.99. The maximum atomic E-state index is 13.7. The van der Waals surface area contributed by atoms with E-state index in [4.69, 9.17) is 9.72 Å². The van der Waals surface area contributed by atoms with Crippen LogP contribution in [0, 0.1) is 18.6 Å². The molecule has 5 rings (SSSR count). The average molecular weight is 419 g/mol. The van der Waals surface area contributed by atoms with Crippen LogP contribution in [0.3, 0.4) is 0 Å². The number of aromatic nitrogens is 3. The third kappa shape index (κ3) is 3.36. The number of halogens is 2. The molecule has 0 bridgehead atoms. The van der Waals surface area contributed by atoms with Crippen molar-refractivity contribution in [1.82, 2.24) is 14.6 Å². The minimum Gasteiger partial charge on any atom is -0.497 e. The minimum absolute atomic E-state index is 0.110. The Balaban J connectivity index is 1.63. The number of rotatable bonds is 3. The molecular weight excluding hydrogens is 400 g/mol. The fraction of sp³-hybridized carbons (Fsp3) is 0.208. The van der Waals surface area contributed by atoms with E-state index < -0.39 is 11.6 Å². The first-order valence-electron chi connectivity index (χ1n) is 9.95. The van der Waals surface area contributed by atoms with Crippen molar-refractivity contribution in [2.45, 2.75) is 25.7 Å². The summed E-state index contributed by atoms with van der Waals surface area (Å²) in [6.45, 7) is 1.89. The average Bonchev–Trinajstić information content (AvgIpc) is 3.06. The van der Waals surface area contributed by atoms with E-state index in [0.717, 1.165) is 28.6 Å². The van der Waals surface area contributed by atoms with Gasteiger partial charge >= 0.3 is 0 Å². The van der Waals surface area contributed by atoms with Crippen molar-refractivity contribution in [3.8, 4) is 16.9 Å². The summed E-state index contributed by atoms with van der Waals surface area (Å²) in [5.74, 6) is -1.02. The van der Waals surface area contributed by atoms with Crippen molar-refractivity contribution in [2.75, 3.05) is 7.11 Å². The molecule has 2 aromatic carbocycles. The number of Topliss-reactive ketones (excluding diaryl/α,β-unsaturated/α-hetero) is 1. The SMILES string of the molecule is COc1cccc(-c2c(C)nn3cc4c(nc23)CC(c2cc(F)cc(F)c2)CC4=O)c1. The van der Waals surface area contributed by atoms with Crippen LogP contribution in [0.2, 0.25) is 0 Å². The Bertz CT molecular complexity index is 1330. The van der Waals surface area contributed by atoms with Crippen molar-refractivity contribution in [3.05, 3.63) is 82.8 Å². The molecule has 2 heterocycles. The summed E-state index contributed by atoms with van der Waals surface area (Å²) >= 11 is 0. The molecule has 1 aliphatic carbocycles. The van der Waals surface area contributed by atoms with E-state index in [1.54, 1.807) is 17.8 Å². The lowest BCUT2D eigenvalue weighted by Crippen LogP contribution is -2.21. The summed E-state index contributed by atoms with van der Waals surface area (Å²) in [5.41, 5.74) is 4.75. The second kappa shape index (κ2) is 7.27. The third-order valence-corrected chi connectivity index (χ3v) is 5.75. The fourth-order valence-electron chi connectivity index (χ4n) is 4.31. The Hall–Kier alpha value is -3.61. The Morgan fingerprint density at radius 3 is 2.61 bits per heavy atom. The second-order valence-corrected chi connectivity index (χ2v) is 7.79. The van der Waals surface area contributed by atoms with Crippen molar-refractivity contribution >= 4 is 11.4 Å². The molecule has 0 radical (unpaired) electrons. The van der Waals surface area contributed by atoms with E-state index in [0.29, 0.717) is 28.9 Å². The zero-order chi connectivity index (χ0) is 21.7. The molecule has 0 amide bonds. The molecule has 5 nitrogen and oxygen atoms in total. The monoisotopic (exact) mass is 419 g/mol. The van der Waals surface area contributed by atoms with Gasteiger partial charge < -0.3 is 4.74 Å². The Morgan fingerprint density at radius 1 is 1.10 bits per heavy atom. The van der Waals surface area contributed by atoms with Crippen molar-refractivity contribution < 1.29 is 18.3 Å². The van der Waals surface area contributed by atoms with Gasteiger partial charge in [-0.05, 0) is 54.7 Å². The number of hydrogen-bond donors (Lipinski definition) is 0. The summed E-state index contributed by atoms with van der Waals surface area (Å²) in [6.07, 6.45) is 2.30. The van der Waals surface area contributed by atoms with Gasteiger partial charge in [-0.25, -0.2) is 18.3 Å². The quantitative estimate of drug-likeness (QED) is 0.474. The number of methoxy groups -OCH3 is 1. The summed E-state index contributed by atoms with van der Waals surface area (Å²) in [6, 6.07) is 11.0. The summed E-state index contributed by atoms with van der Waals surface area (Å²) in [5, 5.41) is 4.55. The molecule has 0 saturated heterocycles. The number of aryl methyl sites for hydroxylation is 1. The smallest absolute Gasteiger partial charge is 0.166 e. The van der Waals surface area contributed by atoms with Gasteiger partial charge in [0.2, 0.25) is 0 Å². The maximum Gasteiger partial charge on any atom is 0.166 e. The molecule has 4 aromatic rings. The number of benzene rings is 2. The third-order valence-electron chi connectivity index (χ3n) is 5.75. The van der Waals surface area contributed by atoms with Gasteiger partial charge in [-0.2, -0.15) is 5.10 Å². The van der Waals surface area contributed by atoms with Crippen LogP contribution in [0.25, 0.3) is 16.8 Å². The van der Waals surface area contributed by atoms with Crippen LogP contribution >= 0.6 is 0 Å². The summed E-state index contributed by atoms with van der Waals surface area (Å²) in [4.78, 5) is 17.6. The first-order valence-corrected chi connectivity index (χ1v) is 9.95. The first-order chi connectivity index (χ1) is 14.9. The number of carbonyl (C=O) groups excluding carboxylic acids is 1. The van der Waals surface area contributed by atoms with Gasteiger partial charge in [0.25, 0.3) is 0 Å². The molecule has 156 valence electrons. The normalized spacial score (nSPS) is 15.9. The minimum atomic E-state index is -0.650. The predicted octanol–water partition coefficient (Wildman–Crippen LogP) is 4.90. The van der Waals surface area contributed by atoms with Gasteiger partial charge in [0, 0.05) is 24.2 Å². The van der Waals surface area contributed by atoms with E-state index in [1.165, 1.54) is 12.1 Å². The van der Waals surface area contributed by atoms with Gasteiger partial charge in [-0.15, -0.1) is 0 Å². The lowest BCUT2D eigenvalue weighted by molar-refractivity contribution is 0.0962. The van der Waals surface area contributed by atoms with Crippen LogP contribution in [-0.4, -0.2) is 27.5 Å². The Morgan fingerprint density at radius 2 is 1.87 bits per heavy atom. The van der Waals surface area contributed by atoms with Crippen LogP contribution in [0.4, 0.5) is 8.78 Å². The van der Waals surface area contributed by atoms with Crippen LogP contribution in [0.15, 0.2) is 48.7 Å². The molecule has 1 atom stereocenters. The lowest BCUT2D eigenvalue weighted by Gasteiger charge is -2.23. The van der Waals surface area contributed by atoms with Gasteiger partial charge in [0.15, 0.2) is 11.4 Å². The number of ether oxygens (including phenoxy) is 1. The maximum absolute atomic E-state index is 13.7. The Kier molecular flexibility index (Phi) is 4.54. The summed E-state index contributed by atoms with van der Waals surface area (Å²) in [7, 11) is 1.61. The zero-order valence-electron chi connectivity index (χ0n) is 17.0. The first kappa shape index (κ1) is 19.4.